The Bertz CT molecular complexity index is 413. The second-order valence-corrected chi connectivity index (χ2v) is 4.48. The zero-order chi connectivity index (χ0) is 11.7. The molecule has 2 aliphatic rings. The Kier molecular flexibility index (Phi) is 2.81. The summed E-state index contributed by atoms with van der Waals surface area (Å²) in [5.41, 5.74) is 1.30. The summed E-state index contributed by atoms with van der Waals surface area (Å²) in [6.07, 6.45) is 2.34. The molecule has 4 nitrogen and oxygen atoms in total. The summed E-state index contributed by atoms with van der Waals surface area (Å²) in [4.78, 5) is 0. The number of methoxy groups -OCH3 is 1. The number of hydrogen-bond donors (Lipinski definition) is 1. The molecule has 1 N–H and O–H groups in total. The van der Waals surface area contributed by atoms with Crippen LogP contribution in [0, 0.1) is 0 Å². The van der Waals surface area contributed by atoms with Gasteiger partial charge in [0.25, 0.3) is 0 Å². The third-order valence-corrected chi connectivity index (χ3v) is 3.49. The van der Waals surface area contributed by atoms with Gasteiger partial charge in [0.2, 0.25) is 12.5 Å². The molecule has 0 aromatic heterocycles. The summed E-state index contributed by atoms with van der Waals surface area (Å²) in [6.45, 7) is 2.46. The monoisotopic (exact) mass is 235 g/mol. The van der Waals surface area contributed by atoms with Gasteiger partial charge in [0, 0.05) is 0 Å². The van der Waals surface area contributed by atoms with E-state index in [1.807, 2.05) is 0 Å². The zero-order valence-electron chi connectivity index (χ0n) is 9.99. The van der Waals surface area contributed by atoms with Crippen LogP contribution in [-0.2, 0) is 0 Å². The van der Waals surface area contributed by atoms with Gasteiger partial charge in [0.05, 0.1) is 7.11 Å². The van der Waals surface area contributed by atoms with Crippen LogP contribution in [0.3, 0.4) is 0 Å². The first kappa shape index (κ1) is 10.7. The SMILES string of the molecule is COc1cc(C2CCNCC2)cc2c1OCO2. The van der Waals surface area contributed by atoms with Crippen molar-refractivity contribution in [1.29, 1.82) is 0 Å². The molecule has 1 fully saturated rings. The highest BCUT2D eigenvalue weighted by Crippen LogP contribution is 2.44. The molecule has 0 bridgehead atoms. The van der Waals surface area contributed by atoms with Crippen molar-refractivity contribution in [3.05, 3.63) is 17.7 Å². The van der Waals surface area contributed by atoms with Crippen LogP contribution in [0.1, 0.15) is 24.3 Å². The smallest absolute Gasteiger partial charge is 0.231 e. The van der Waals surface area contributed by atoms with Gasteiger partial charge in [-0.1, -0.05) is 0 Å². The van der Waals surface area contributed by atoms with E-state index in [1.165, 1.54) is 18.4 Å². The van der Waals surface area contributed by atoms with Gasteiger partial charge >= 0.3 is 0 Å². The fourth-order valence-corrected chi connectivity index (χ4v) is 2.54. The molecule has 0 amide bonds. The normalized spacial score (nSPS) is 19.4. The second kappa shape index (κ2) is 4.45. The van der Waals surface area contributed by atoms with Crippen molar-refractivity contribution in [1.82, 2.24) is 5.32 Å². The maximum absolute atomic E-state index is 5.45. The molecule has 2 heterocycles. The molecule has 0 saturated carbocycles. The summed E-state index contributed by atoms with van der Waals surface area (Å²) in [7, 11) is 1.67. The first-order valence-electron chi connectivity index (χ1n) is 6.06. The van der Waals surface area contributed by atoms with E-state index in [0.717, 1.165) is 30.3 Å². The highest BCUT2D eigenvalue weighted by Gasteiger charge is 2.23. The van der Waals surface area contributed by atoms with E-state index in [0.29, 0.717) is 12.7 Å². The maximum atomic E-state index is 5.45. The van der Waals surface area contributed by atoms with Gasteiger partial charge in [-0.3, -0.25) is 0 Å². The molecule has 1 aromatic rings. The Morgan fingerprint density at radius 2 is 2.06 bits per heavy atom. The van der Waals surface area contributed by atoms with Crippen molar-refractivity contribution >= 4 is 0 Å². The Labute approximate surface area is 101 Å². The molecule has 0 radical (unpaired) electrons. The first-order chi connectivity index (χ1) is 8.38. The van der Waals surface area contributed by atoms with Crippen LogP contribution in [0.2, 0.25) is 0 Å². The molecule has 0 unspecified atom stereocenters. The number of fused-ring (bicyclic) bond motifs is 1. The van der Waals surface area contributed by atoms with Crippen LogP contribution in [0.5, 0.6) is 17.2 Å². The summed E-state index contributed by atoms with van der Waals surface area (Å²) in [6, 6.07) is 4.18. The molecule has 17 heavy (non-hydrogen) atoms. The number of benzene rings is 1. The highest BCUT2D eigenvalue weighted by molar-refractivity contribution is 5.55. The third kappa shape index (κ3) is 1.93. The molecule has 0 spiro atoms. The molecule has 3 rings (SSSR count). The predicted molar refractivity (Wildman–Crippen MR) is 64.0 cm³/mol. The molecule has 0 aliphatic carbocycles. The number of ether oxygens (including phenoxy) is 3. The lowest BCUT2D eigenvalue weighted by Crippen LogP contribution is -2.26. The first-order valence-corrected chi connectivity index (χ1v) is 6.06. The van der Waals surface area contributed by atoms with Crippen LogP contribution in [0.15, 0.2) is 12.1 Å². The fraction of sp³-hybridized carbons (Fsp3) is 0.538. The topological polar surface area (TPSA) is 39.7 Å². The molecule has 2 aliphatic heterocycles. The van der Waals surface area contributed by atoms with Crippen LogP contribution in [0.4, 0.5) is 0 Å². The van der Waals surface area contributed by atoms with E-state index in [2.05, 4.69) is 17.4 Å². The lowest BCUT2D eigenvalue weighted by Gasteiger charge is -2.23. The lowest BCUT2D eigenvalue weighted by atomic mass is 9.90. The molecule has 1 aromatic carbocycles. The Hall–Kier alpha value is -1.42. The van der Waals surface area contributed by atoms with Gasteiger partial charge in [-0.2, -0.15) is 0 Å². The largest absolute Gasteiger partial charge is 0.493 e. The van der Waals surface area contributed by atoms with Crippen molar-refractivity contribution < 1.29 is 14.2 Å². The minimum atomic E-state index is 0.293. The van der Waals surface area contributed by atoms with Gasteiger partial charge in [0.1, 0.15) is 0 Å². The van der Waals surface area contributed by atoms with Gasteiger partial charge in [0.15, 0.2) is 11.5 Å². The lowest BCUT2D eigenvalue weighted by molar-refractivity contribution is 0.171. The van der Waals surface area contributed by atoms with Crippen molar-refractivity contribution in [3.63, 3.8) is 0 Å². The summed E-state index contributed by atoms with van der Waals surface area (Å²) < 4.78 is 16.2. The van der Waals surface area contributed by atoms with E-state index < -0.39 is 0 Å². The van der Waals surface area contributed by atoms with Crippen LogP contribution in [-0.4, -0.2) is 27.0 Å². The summed E-state index contributed by atoms with van der Waals surface area (Å²) >= 11 is 0. The van der Waals surface area contributed by atoms with Gasteiger partial charge in [-0.15, -0.1) is 0 Å². The quantitative estimate of drug-likeness (QED) is 0.849. The third-order valence-electron chi connectivity index (χ3n) is 3.49. The average Bonchev–Trinajstić information content (AvgIpc) is 2.86. The minimum Gasteiger partial charge on any atom is -0.493 e. The van der Waals surface area contributed by atoms with Crippen LogP contribution >= 0.6 is 0 Å². The number of hydrogen-bond acceptors (Lipinski definition) is 4. The standard InChI is InChI=1S/C13H17NO3/c1-15-11-6-10(9-2-4-14-5-3-9)7-12-13(11)17-8-16-12/h6-7,9,14H,2-5,8H2,1H3. The van der Waals surface area contributed by atoms with E-state index in [4.69, 9.17) is 14.2 Å². The Morgan fingerprint density at radius 3 is 2.82 bits per heavy atom. The number of nitrogens with one attached hydrogen (secondary N) is 1. The van der Waals surface area contributed by atoms with Gasteiger partial charge < -0.3 is 19.5 Å². The number of piperidine rings is 1. The van der Waals surface area contributed by atoms with E-state index >= 15 is 0 Å². The van der Waals surface area contributed by atoms with E-state index in [9.17, 15) is 0 Å². The zero-order valence-corrected chi connectivity index (χ0v) is 9.99. The molecular weight excluding hydrogens is 218 g/mol. The summed E-state index contributed by atoms with van der Waals surface area (Å²) in [5, 5.41) is 3.38. The maximum Gasteiger partial charge on any atom is 0.231 e. The highest BCUT2D eigenvalue weighted by atomic mass is 16.7. The Morgan fingerprint density at radius 1 is 1.24 bits per heavy atom. The fourth-order valence-electron chi connectivity index (χ4n) is 2.54. The molecule has 0 atom stereocenters. The van der Waals surface area contributed by atoms with E-state index in [1.54, 1.807) is 7.11 Å². The van der Waals surface area contributed by atoms with Crippen molar-refractivity contribution in [2.75, 3.05) is 27.0 Å². The Balaban J connectivity index is 1.94. The second-order valence-electron chi connectivity index (χ2n) is 4.48. The molecule has 92 valence electrons. The van der Waals surface area contributed by atoms with Crippen molar-refractivity contribution in [2.24, 2.45) is 0 Å². The van der Waals surface area contributed by atoms with Gasteiger partial charge in [-0.25, -0.2) is 0 Å². The summed E-state index contributed by atoms with van der Waals surface area (Å²) in [5.74, 6) is 2.94. The minimum absolute atomic E-state index is 0.293. The average molecular weight is 235 g/mol. The van der Waals surface area contributed by atoms with Gasteiger partial charge in [-0.05, 0) is 49.5 Å². The van der Waals surface area contributed by atoms with Crippen LogP contribution in [0.25, 0.3) is 0 Å². The van der Waals surface area contributed by atoms with Crippen molar-refractivity contribution in [2.45, 2.75) is 18.8 Å². The molecule has 4 heteroatoms. The van der Waals surface area contributed by atoms with E-state index in [-0.39, 0.29) is 0 Å². The molecular formula is C13H17NO3. The molecule has 1 saturated heterocycles. The number of rotatable bonds is 2. The van der Waals surface area contributed by atoms with Crippen LogP contribution < -0.4 is 19.5 Å². The van der Waals surface area contributed by atoms with Crippen molar-refractivity contribution in [3.8, 4) is 17.2 Å². The predicted octanol–water partition coefficient (Wildman–Crippen LogP) is 1.89.